The quantitative estimate of drug-likeness (QED) is 0.557. The van der Waals surface area contributed by atoms with Crippen molar-refractivity contribution >= 4 is 11.9 Å². The first-order valence-electron chi connectivity index (χ1n) is 10.9. The Morgan fingerprint density at radius 1 is 1.07 bits per heavy atom. The Bertz CT molecular complexity index is 640. The molecule has 150 valence electrons. The van der Waals surface area contributed by atoms with Gasteiger partial charge in [-0.15, -0.1) is 0 Å². The lowest BCUT2D eigenvalue weighted by Crippen LogP contribution is -2.53. The SMILES string of the molecule is C[C@]12CC[C@@H](OC(=O)CCC(=O)O)C[C@H]1CC[C@@H]1[C@@H]2CC[C@@]2(C)C=CC[C@@H]12. The highest BCUT2D eigenvalue weighted by Gasteiger charge is 2.57. The van der Waals surface area contributed by atoms with Gasteiger partial charge in [-0.05, 0) is 85.9 Å². The third-order valence-corrected chi connectivity index (χ3v) is 8.78. The number of ether oxygens (including phenoxy) is 1. The summed E-state index contributed by atoms with van der Waals surface area (Å²) in [6.45, 7) is 4.99. The molecule has 3 fully saturated rings. The molecular formula is C23H34O4. The monoisotopic (exact) mass is 374 g/mol. The molecule has 4 aliphatic rings. The topological polar surface area (TPSA) is 63.6 Å². The first-order chi connectivity index (χ1) is 12.8. The van der Waals surface area contributed by atoms with Crippen molar-refractivity contribution in [3.63, 3.8) is 0 Å². The number of aliphatic carboxylic acids is 1. The summed E-state index contributed by atoms with van der Waals surface area (Å²) in [6, 6.07) is 0. The molecule has 1 N–H and O–H groups in total. The molecule has 4 nitrogen and oxygen atoms in total. The van der Waals surface area contributed by atoms with E-state index in [0.29, 0.717) is 16.7 Å². The summed E-state index contributed by atoms with van der Waals surface area (Å²) in [5.74, 6) is 1.87. The Labute approximate surface area is 162 Å². The maximum Gasteiger partial charge on any atom is 0.306 e. The van der Waals surface area contributed by atoms with E-state index < -0.39 is 5.97 Å². The van der Waals surface area contributed by atoms with Crippen LogP contribution >= 0.6 is 0 Å². The average Bonchev–Trinajstić information content (AvgIpc) is 3.02. The van der Waals surface area contributed by atoms with Crippen molar-refractivity contribution in [2.24, 2.45) is 34.5 Å². The van der Waals surface area contributed by atoms with E-state index >= 15 is 0 Å². The van der Waals surface area contributed by atoms with Crippen molar-refractivity contribution in [2.45, 2.75) is 84.2 Å². The van der Waals surface area contributed by atoms with Gasteiger partial charge in [0.15, 0.2) is 0 Å². The van der Waals surface area contributed by atoms with Crippen LogP contribution in [0.25, 0.3) is 0 Å². The van der Waals surface area contributed by atoms with E-state index in [-0.39, 0.29) is 24.9 Å². The number of carbonyl (C=O) groups excluding carboxylic acids is 1. The molecule has 0 saturated heterocycles. The fourth-order valence-electron chi connectivity index (χ4n) is 7.26. The molecule has 0 unspecified atom stereocenters. The Hall–Kier alpha value is -1.32. The molecular weight excluding hydrogens is 340 g/mol. The van der Waals surface area contributed by atoms with Crippen LogP contribution in [-0.2, 0) is 14.3 Å². The van der Waals surface area contributed by atoms with Gasteiger partial charge in [0.1, 0.15) is 6.10 Å². The normalized spacial score (nSPS) is 45.5. The van der Waals surface area contributed by atoms with Crippen molar-refractivity contribution in [3.8, 4) is 0 Å². The van der Waals surface area contributed by atoms with Gasteiger partial charge in [-0.1, -0.05) is 26.0 Å². The van der Waals surface area contributed by atoms with E-state index in [4.69, 9.17) is 9.84 Å². The van der Waals surface area contributed by atoms with Gasteiger partial charge in [0.2, 0.25) is 0 Å². The lowest BCUT2D eigenvalue weighted by Gasteiger charge is -2.60. The summed E-state index contributed by atoms with van der Waals surface area (Å²) in [5, 5.41) is 8.74. The number of carboxylic acid groups (broad SMARTS) is 1. The number of esters is 1. The molecule has 0 radical (unpaired) electrons. The van der Waals surface area contributed by atoms with Crippen LogP contribution in [0.1, 0.15) is 78.1 Å². The molecule has 4 heteroatoms. The Balaban J connectivity index is 1.40. The van der Waals surface area contributed by atoms with Gasteiger partial charge in [0.05, 0.1) is 12.8 Å². The van der Waals surface area contributed by atoms with Gasteiger partial charge in [-0.2, -0.15) is 0 Å². The zero-order valence-corrected chi connectivity index (χ0v) is 16.8. The van der Waals surface area contributed by atoms with E-state index in [1.165, 1.54) is 32.1 Å². The number of carboxylic acids is 1. The smallest absolute Gasteiger partial charge is 0.306 e. The van der Waals surface area contributed by atoms with Crippen LogP contribution < -0.4 is 0 Å². The molecule has 4 aliphatic carbocycles. The Morgan fingerprint density at radius 3 is 2.67 bits per heavy atom. The van der Waals surface area contributed by atoms with Crippen molar-refractivity contribution in [1.82, 2.24) is 0 Å². The van der Waals surface area contributed by atoms with Crippen LogP contribution in [0, 0.1) is 34.5 Å². The summed E-state index contributed by atoms with van der Waals surface area (Å²) in [4.78, 5) is 22.6. The lowest BCUT2D eigenvalue weighted by atomic mass is 9.45. The first kappa shape index (κ1) is 19.0. The summed E-state index contributed by atoms with van der Waals surface area (Å²) < 4.78 is 5.64. The van der Waals surface area contributed by atoms with Gasteiger partial charge >= 0.3 is 11.9 Å². The fourth-order valence-corrected chi connectivity index (χ4v) is 7.26. The van der Waals surface area contributed by atoms with Crippen molar-refractivity contribution in [3.05, 3.63) is 12.2 Å². The Morgan fingerprint density at radius 2 is 1.89 bits per heavy atom. The predicted octanol–water partition coefficient (Wildman–Crippen LogP) is 4.97. The molecule has 4 rings (SSSR count). The van der Waals surface area contributed by atoms with Gasteiger partial charge in [-0.3, -0.25) is 9.59 Å². The molecule has 0 aromatic rings. The summed E-state index contributed by atoms with van der Waals surface area (Å²) in [5.41, 5.74) is 0.818. The van der Waals surface area contributed by atoms with E-state index in [0.717, 1.165) is 37.0 Å². The maximum absolute atomic E-state index is 12.0. The number of allylic oxidation sites excluding steroid dienone is 2. The lowest BCUT2D eigenvalue weighted by molar-refractivity contribution is -0.162. The molecule has 0 bridgehead atoms. The summed E-state index contributed by atoms with van der Waals surface area (Å²) >= 11 is 0. The van der Waals surface area contributed by atoms with Crippen molar-refractivity contribution in [1.29, 1.82) is 0 Å². The first-order valence-corrected chi connectivity index (χ1v) is 10.9. The van der Waals surface area contributed by atoms with Crippen LogP contribution in [0.4, 0.5) is 0 Å². The Kier molecular flexibility index (Phi) is 4.88. The number of fused-ring (bicyclic) bond motifs is 5. The maximum atomic E-state index is 12.0. The highest BCUT2D eigenvalue weighted by atomic mass is 16.5. The average molecular weight is 375 g/mol. The third-order valence-electron chi connectivity index (χ3n) is 8.78. The molecule has 0 aromatic heterocycles. The minimum Gasteiger partial charge on any atom is -0.481 e. The molecule has 7 atom stereocenters. The summed E-state index contributed by atoms with van der Waals surface area (Å²) in [7, 11) is 0. The predicted molar refractivity (Wildman–Crippen MR) is 103 cm³/mol. The fraction of sp³-hybridized carbons (Fsp3) is 0.826. The van der Waals surface area contributed by atoms with Crippen LogP contribution in [0.15, 0.2) is 12.2 Å². The van der Waals surface area contributed by atoms with Crippen LogP contribution in [0.3, 0.4) is 0 Å². The zero-order chi connectivity index (χ0) is 19.2. The van der Waals surface area contributed by atoms with Gasteiger partial charge < -0.3 is 9.84 Å². The number of hydrogen-bond acceptors (Lipinski definition) is 3. The van der Waals surface area contributed by atoms with Crippen LogP contribution in [0.5, 0.6) is 0 Å². The van der Waals surface area contributed by atoms with Gasteiger partial charge in [0, 0.05) is 0 Å². The van der Waals surface area contributed by atoms with Crippen LogP contribution in [0.2, 0.25) is 0 Å². The standard InChI is InChI=1S/C23H34O4/c1-22-11-3-4-18(22)17-6-5-15-14-16(27-21(26)8-7-20(24)25)9-13-23(15,2)19(17)10-12-22/h3,11,15-19H,4-10,12-14H2,1-2H3,(H,24,25)/t15-,16-,17+,18+,19+,22-,23+/m1/s1. The minimum atomic E-state index is -0.938. The van der Waals surface area contributed by atoms with E-state index in [1.807, 2.05) is 0 Å². The van der Waals surface area contributed by atoms with Crippen LogP contribution in [-0.4, -0.2) is 23.1 Å². The highest BCUT2D eigenvalue weighted by Crippen LogP contribution is 2.65. The van der Waals surface area contributed by atoms with E-state index in [2.05, 4.69) is 26.0 Å². The molecule has 0 amide bonds. The van der Waals surface area contributed by atoms with Gasteiger partial charge in [-0.25, -0.2) is 0 Å². The molecule has 0 aliphatic heterocycles. The second kappa shape index (κ2) is 6.93. The largest absolute Gasteiger partial charge is 0.481 e. The summed E-state index contributed by atoms with van der Waals surface area (Å²) in [6.07, 6.45) is 14.3. The van der Waals surface area contributed by atoms with E-state index in [9.17, 15) is 9.59 Å². The third kappa shape index (κ3) is 3.34. The second-order valence-corrected chi connectivity index (χ2v) is 10.1. The second-order valence-electron chi connectivity index (χ2n) is 10.1. The van der Waals surface area contributed by atoms with Crippen molar-refractivity contribution in [2.75, 3.05) is 0 Å². The number of carbonyl (C=O) groups is 2. The van der Waals surface area contributed by atoms with Gasteiger partial charge in [0.25, 0.3) is 0 Å². The molecule has 27 heavy (non-hydrogen) atoms. The highest BCUT2D eigenvalue weighted by molar-refractivity contribution is 5.76. The van der Waals surface area contributed by atoms with Crippen molar-refractivity contribution < 1.29 is 19.4 Å². The molecule has 3 saturated carbocycles. The molecule has 0 heterocycles. The molecule has 0 spiro atoms. The number of hydrogen-bond donors (Lipinski definition) is 1. The van der Waals surface area contributed by atoms with E-state index in [1.54, 1.807) is 0 Å². The zero-order valence-electron chi connectivity index (χ0n) is 16.8. The minimum absolute atomic E-state index is 0.00820. The number of rotatable bonds is 4. The molecule has 0 aromatic carbocycles.